The number of anilines is 2. The van der Waals surface area contributed by atoms with Gasteiger partial charge in [0.25, 0.3) is 0 Å². The highest BCUT2D eigenvalue weighted by Gasteiger charge is 2.02. The van der Waals surface area contributed by atoms with E-state index in [0.29, 0.717) is 24.0 Å². The molecule has 0 atom stereocenters. The van der Waals surface area contributed by atoms with Gasteiger partial charge in [0, 0.05) is 25.5 Å². The third kappa shape index (κ3) is 2.70. The Kier molecular flexibility index (Phi) is 3.20. The van der Waals surface area contributed by atoms with Gasteiger partial charge < -0.3 is 15.3 Å². The fourth-order valence-corrected chi connectivity index (χ4v) is 1.47. The molecule has 0 saturated carbocycles. The molecule has 7 heteroatoms. The van der Waals surface area contributed by atoms with Crippen LogP contribution in [0.2, 0.25) is 0 Å². The average molecular weight is 233 g/mol. The molecule has 2 heterocycles. The molecule has 0 fully saturated rings. The van der Waals surface area contributed by atoms with Crippen LogP contribution in [-0.4, -0.2) is 19.5 Å². The van der Waals surface area contributed by atoms with Gasteiger partial charge in [-0.25, -0.2) is 20.8 Å². The van der Waals surface area contributed by atoms with E-state index >= 15 is 0 Å². The van der Waals surface area contributed by atoms with Crippen LogP contribution in [0.1, 0.15) is 11.6 Å². The van der Waals surface area contributed by atoms with Crippen LogP contribution < -0.4 is 16.6 Å². The molecule has 0 amide bonds. The molecule has 2 rings (SSSR count). The Hall–Kier alpha value is -2.15. The van der Waals surface area contributed by atoms with Crippen LogP contribution in [0, 0.1) is 6.92 Å². The van der Waals surface area contributed by atoms with Crippen LogP contribution in [-0.2, 0) is 13.6 Å². The molecule has 0 bridgehead atoms. The number of aromatic nitrogens is 4. The molecule has 0 aliphatic rings. The molecule has 2 aromatic rings. The zero-order chi connectivity index (χ0) is 12.3. The molecule has 0 unspecified atom stereocenters. The number of nitrogens with zero attached hydrogens (tertiary/aromatic N) is 4. The van der Waals surface area contributed by atoms with Crippen molar-refractivity contribution in [3.63, 3.8) is 0 Å². The van der Waals surface area contributed by atoms with E-state index in [4.69, 9.17) is 5.84 Å². The first kappa shape index (κ1) is 11.3. The Morgan fingerprint density at radius 3 is 2.76 bits per heavy atom. The van der Waals surface area contributed by atoms with E-state index in [2.05, 4.69) is 25.7 Å². The number of hydrogen-bond acceptors (Lipinski definition) is 6. The van der Waals surface area contributed by atoms with Gasteiger partial charge in [-0.05, 0) is 6.92 Å². The highest BCUT2D eigenvalue weighted by molar-refractivity contribution is 5.46. The molecule has 0 radical (unpaired) electrons. The minimum Gasteiger partial charge on any atom is -0.363 e. The second-order valence-corrected chi connectivity index (χ2v) is 3.64. The summed E-state index contributed by atoms with van der Waals surface area (Å²) in [6.45, 7) is 2.41. The number of nitrogens with one attached hydrogen (secondary N) is 2. The highest BCUT2D eigenvalue weighted by Crippen LogP contribution is 2.10. The molecule has 17 heavy (non-hydrogen) atoms. The third-order valence-electron chi connectivity index (χ3n) is 2.33. The quantitative estimate of drug-likeness (QED) is 0.523. The summed E-state index contributed by atoms with van der Waals surface area (Å²) in [5.74, 6) is 8.21. The highest BCUT2D eigenvalue weighted by atomic mass is 15.3. The number of rotatable bonds is 4. The molecule has 0 saturated heterocycles. The monoisotopic (exact) mass is 233 g/mol. The first-order chi connectivity index (χ1) is 8.19. The van der Waals surface area contributed by atoms with Gasteiger partial charge in [0.05, 0.1) is 6.54 Å². The molecule has 0 aliphatic carbocycles. The molecule has 7 nitrogen and oxygen atoms in total. The van der Waals surface area contributed by atoms with E-state index in [-0.39, 0.29) is 0 Å². The molecular weight excluding hydrogens is 218 g/mol. The summed E-state index contributed by atoms with van der Waals surface area (Å²) in [7, 11) is 1.95. The van der Waals surface area contributed by atoms with Crippen molar-refractivity contribution in [3.05, 3.63) is 30.1 Å². The first-order valence-electron chi connectivity index (χ1n) is 5.21. The van der Waals surface area contributed by atoms with Crippen molar-refractivity contribution >= 4 is 11.6 Å². The lowest BCUT2D eigenvalue weighted by atomic mass is 10.4. The predicted molar refractivity (Wildman–Crippen MR) is 65.1 cm³/mol. The summed E-state index contributed by atoms with van der Waals surface area (Å²) in [6, 6.07) is 1.75. The molecule has 0 spiro atoms. The Bertz CT molecular complexity index is 505. The van der Waals surface area contributed by atoms with Crippen molar-refractivity contribution in [2.75, 3.05) is 10.7 Å². The lowest BCUT2D eigenvalue weighted by molar-refractivity contribution is 0.809. The van der Waals surface area contributed by atoms with Crippen LogP contribution >= 0.6 is 0 Å². The summed E-state index contributed by atoms with van der Waals surface area (Å²) >= 11 is 0. The van der Waals surface area contributed by atoms with Crippen molar-refractivity contribution in [3.8, 4) is 0 Å². The number of nitrogens with two attached hydrogens (primary N) is 1. The summed E-state index contributed by atoms with van der Waals surface area (Å²) < 4.78 is 1.95. The van der Waals surface area contributed by atoms with E-state index in [0.717, 1.165) is 5.82 Å². The lowest BCUT2D eigenvalue weighted by Gasteiger charge is -2.08. The molecule has 0 aromatic carbocycles. The van der Waals surface area contributed by atoms with Gasteiger partial charge in [-0.3, -0.25) is 0 Å². The second-order valence-electron chi connectivity index (χ2n) is 3.64. The second kappa shape index (κ2) is 4.79. The number of nitrogen functional groups attached to an aromatic ring is 1. The zero-order valence-corrected chi connectivity index (χ0v) is 9.81. The van der Waals surface area contributed by atoms with E-state index < -0.39 is 0 Å². The van der Waals surface area contributed by atoms with Crippen molar-refractivity contribution in [2.45, 2.75) is 13.5 Å². The maximum absolute atomic E-state index is 5.32. The Morgan fingerprint density at radius 2 is 2.12 bits per heavy atom. The number of imidazole rings is 1. The summed E-state index contributed by atoms with van der Waals surface area (Å²) in [5, 5.41) is 3.17. The molecule has 4 N–H and O–H groups in total. The molecule has 90 valence electrons. The molecule has 2 aromatic heterocycles. The lowest BCUT2D eigenvalue weighted by Crippen LogP contribution is -2.12. The largest absolute Gasteiger partial charge is 0.363 e. The standard InChI is InChI=1S/C10H15N7/c1-7-14-8(5-9(15-7)16-11)13-6-10-12-3-4-17(10)2/h3-5H,6,11H2,1-2H3,(H2,13,14,15,16). The van der Waals surface area contributed by atoms with E-state index in [1.54, 1.807) is 12.3 Å². The normalized spacial score (nSPS) is 10.3. The minimum atomic E-state index is 0.583. The van der Waals surface area contributed by atoms with Gasteiger partial charge in [0.1, 0.15) is 23.3 Å². The summed E-state index contributed by atoms with van der Waals surface area (Å²) in [6.07, 6.45) is 3.66. The average Bonchev–Trinajstić information content (AvgIpc) is 2.71. The van der Waals surface area contributed by atoms with Gasteiger partial charge in [0.2, 0.25) is 0 Å². The van der Waals surface area contributed by atoms with Crippen LogP contribution in [0.25, 0.3) is 0 Å². The number of aryl methyl sites for hydroxylation is 2. The third-order valence-corrected chi connectivity index (χ3v) is 2.33. The van der Waals surface area contributed by atoms with Crippen LogP contribution in [0.4, 0.5) is 11.6 Å². The van der Waals surface area contributed by atoms with Gasteiger partial charge in [-0.1, -0.05) is 0 Å². The van der Waals surface area contributed by atoms with Crippen LogP contribution in [0.5, 0.6) is 0 Å². The van der Waals surface area contributed by atoms with Crippen LogP contribution in [0.15, 0.2) is 18.5 Å². The van der Waals surface area contributed by atoms with Gasteiger partial charge >= 0.3 is 0 Å². The zero-order valence-electron chi connectivity index (χ0n) is 9.81. The van der Waals surface area contributed by atoms with Crippen molar-refractivity contribution < 1.29 is 0 Å². The topological polar surface area (TPSA) is 93.7 Å². The number of hydrogen-bond donors (Lipinski definition) is 3. The van der Waals surface area contributed by atoms with Crippen LogP contribution in [0.3, 0.4) is 0 Å². The van der Waals surface area contributed by atoms with E-state index in [9.17, 15) is 0 Å². The SMILES string of the molecule is Cc1nc(NN)cc(NCc2nccn2C)n1. The molecule has 0 aliphatic heterocycles. The first-order valence-corrected chi connectivity index (χ1v) is 5.21. The smallest absolute Gasteiger partial charge is 0.145 e. The minimum absolute atomic E-state index is 0.583. The fraction of sp³-hybridized carbons (Fsp3) is 0.300. The van der Waals surface area contributed by atoms with Gasteiger partial charge in [-0.15, -0.1) is 0 Å². The Labute approximate surface area is 99.1 Å². The van der Waals surface area contributed by atoms with E-state index in [1.165, 1.54) is 0 Å². The fourth-order valence-electron chi connectivity index (χ4n) is 1.47. The maximum Gasteiger partial charge on any atom is 0.145 e. The Balaban J connectivity index is 2.09. The predicted octanol–water partition coefficient (Wildman–Crippen LogP) is 0.416. The van der Waals surface area contributed by atoms with Crippen molar-refractivity contribution in [1.29, 1.82) is 0 Å². The number of hydrazine groups is 1. The molecular formula is C10H15N7. The maximum atomic E-state index is 5.32. The van der Waals surface area contributed by atoms with Gasteiger partial charge in [0.15, 0.2) is 0 Å². The van der Waals surface area contributed by atoms with Crippen molar-refractivity contribution in [2.24, 2.45) is 12.9 Å². The Morgan fingerprint density at radius 1 is 1.35 bits per heavy atom. The van der Waals surface area contributed by atoms with E-state index in [1.807, 2.05) is 24.7 Å². The van der Waals surface area contributed by atoms with Crippen molar-refractivity contribution in [1.82, 2.24) is 19.5 Å². The summed E-state index contributed by atoms with van der Waals surface area (Å²) in [4.78, 5) is 12.6. The summed E-state index contributed by atoms with van der Waals surface area (Å²) in [5.41, 5.74) is 2.50. The van der Waals surface area contributed by atoms with Gasteiger partial charge in [-0.2, -0.15) is 0 Å².